The van der Waals surface area contributed by atoms with Crippen LogP contribution in [0.5, 0.6) is 0 Å². The molecule has 0 saturated heterocycles. The first kappa shape index (κ1) is 12.4. The van der Waals surface area contributed by atoms with E-state index >= 15 is 0 Å². The molecule has 0 bridgehead atoms. The van der Waals surface area contributed by atoms with Crippen molar-refractivity contribution in [3.05, 3.63) is 60.3 Å². The number of benzene rings is 1. The van der Waals surface area contributed by atoms with Crippen LogP contribution in [-0.4, -0.2) is 4.98 Å². The quantitative estimate of drug-likeness (QED) is 0.768. The first-order valence-electron chi connectivity index (χ1n) is 5.27. The fraction of sp³-hybridized carbons (Fsp3) is 0.0714. The standard InChI is InChI=1S/C14H10F3N/c1-2-10-3-8-13(18-9-10)11-4-6-12(7-5-11)14(15,16)17/h2-9H,1H2. The summed E-state index contributed by atoms with van der Waals surface area (Å²) >= 11 is 0. The fourth-order valence-electron chi connectivity index (χ4n) is 1.53. The number of hydrogen-bond donors (Lipinski definition) is 0. The molecule has 1 heterocycles. The van der Waals surface area contributed by atoms with Crippen LogP contribution in [0.3, 0.4) is 0 Å². The lowest BCUT2D eigenvalue weighted by atomic mass is 10.1. The Bertz CT molecular complexity index is 539. The van der Waals surface area contributed by atoms with Crippen molar-refractivity contribution in [3.63, 3.8) is 0 Å². The third-order valence-corrected chi connectivity index (χ3v) is 2.53. The van der Waals surface area contributed by atoms with Crippen LogP contribution in [-0.2, 0) is 6.18 Å². The topological polar surface area (TPSA) is 12.9 Å². The minimum atomic E-state index is -4.31. The molecule has 0 aliphatic heterocycles. The number of nitrogens with zero attached hydrogens (tertiary/aromatic N) is 1. The zero-order chi connectivity index (χ0) is 13.2. The van der Waals surface area contributed by atoms with Gasteiger partial charge in [-0.05, 0) is 23.8 Å². The van der Waals surface area contributed by atoms with Crippen molar-refractivity contribution in [1.82, 2.24) is 4.98 Å². The van der Waals surface area contributed by atoms with E-state index in [4.69, 9.17) is 0 Å². The van der Waals surface area contributed by atoms with Crippen LogP contribution in [0.25, 0.3) is 17.3 Å². The molecule has 0 fully saturated rings. The normalized spacial score (nSPS) is 11.3. The predicted octanol–water partition coefficient (Wildman–Crippen LogP) is 4.41. The Kier molecular flexibility index (Phi) is 3.19. The number of alkyl halides is 3. The maximum atomic E-state index is 12.4. The van der Waals surface area contributed by atoms with Crippen LogP contribution in [0.2, 0.25) is 0 Å². The molecule has 0 aliphatic rings. The lowest BCUT2D eigenvalue weighted by Gasteiger charge is -2.07. The number of pyridine rings is 1. The molecule has 92 valence electrons. The molecule has 0 amide bonds. The van der Waals surface area contributed by atoms with Gasteiger partial charge in [-0.3, -0.25) is 4.98 Å². The zero-order valence-electron chi connectivity index (χ0n) is 9.41. The monoisotopic (exact) mass is 249 g/mol. The Hall–Kier alpha value is -2.10. The van der Waals surface area contributed by atoms with Crippen LogP contribution in [0, 0.1) is 0 Å². The van der Waals surface area contributed by atoms with Gasteiger partial charge in [-0.25, -0.2) is 0 Å². The summed E-state index contributed by atoms with van der Waals surface area (Å²) in [6.45, 7) is 3.61. The average molecular weight is 249 g/mol. The summed E-state index contributed by atoms with van der Waals surface area (Å²) in [6, 6.07) is 8.50. The van der Waals surface area contributed by atoms with Crippen molar-refractivity contribution in [2.45, 2.75) is 6.18 Å². The van der Waals surface area contributed by atoms with Crippen LogP contribution < -0.4 is 0 Å². The number of rotatable bonds is 2. The highest BCUT2D eigenvalue weighted by molar-refractivity contribution is 5.61. The van der Waals surface area contributed by atoms with Gasteiger partial charge >= 0.3 is 6.18 Å². The Morgan fingerprint density at radius 2 is 1.67 bits per heavy atom. The third kappa shape index (κ3) is 2.59. The van der Waals surface area contributed by atoms with E-state index in [0.29, 0.717) is 11.3 Å². The summed E-state index contributed by atoms with van der Waals surface area (Å²) in [6.07, 6.45) is -1.03. The molecule has 0 atom stereocenters. The molecule has 4 heteroatoms. The Morgan fingerprint density at radius 1 is 1.00 bits per heavy atom. The summed E-state index contributed by atoms with van der Waals surface area (Å²) in [5.41, 5.74) is 1.49. The molecule has 0 unspecified atom stereocenters. The van der Waals surface area contributed by atoms with E-state index in [2.05, 4.69) is 11.6 Å². The third-order valence-electron chi connectivity index (χ3n) is 2.53. The van der Waals surface area contributed by atoms with Gasteiger partial charge in [-0.2, -0.15) is 13.2 Å². The SMILES string of the molecule is C=Cc1ccc(-c2ccc(C(F)(F)F)cc2)nc1. The van der Waals surface area contributed by atoms with E-state index in [1.54, 1.807) is 18.3 Å². The van der Waals surface area contributed by atoms with Gasteiger partial charge in [-0.15, -0.1) is 0 Å². The van der Waals surface area contributed by atoms with E-state index in [1.165, 1.54) is 12.1 Å². The van der Waals surface area contributed by atoms with Gasteiger partial charge in [-0.1, -0.05) is 30.9 Å². The van der Waals surface area contributed by atoms with Gasteiger partial charge in [0.15, 0.2) is 0 Å². The van der Waals surface area contributed by atoms with Crippen molar-refractivity contribution in [3.8, 4) is 11.3 Å². The van der Waals surface area contributed by atoms with Crippen molar-refractivity contribution < 1.29 is 13.2 Å². The minimum Gasteiger partial charge on any atom is -0.256 e. The minimum absolute atomic E-state index is 0.634. The maximum absolute atomic E-state index is 12.4. The second kappa shape index (κ2) is 4.64. The number of halogens is 3. The number of aromatic nitrogens is 1. The lowest BCUT2D eigenvalue weighted by Crippen LogP contribution is -2.04. The first-order chi connectivity index (χ1) is 8.50. The van der Waals surface area contributed by atoms with Crippen LogP contribution in [0.1, 0.15) is 11.1 Å². The molecule has 0 aliphatic carbocycles. The van der Waals surface area contributed by atoms with E-state index in [0.717, 1.165) is 17.7 Å². The Balaban J connectivity index is 2.31. The Labute approximate surface area is 103 Å². The zero-order valence-corrected chi connectivity index (χ0v) is 9.41. The van der Waals surface area contributed by atoms with Crippen molar-refractivity contribution in [1.29, 1.82) is 0 Å². The summed E-state index contributed by atoms with van der Waals surface area (Å²) < 4.78 is 37.2. The molecule has 1 aromatic carbocycles. The molecule has 0 saturated carbocycles. The molecular formula is C14H10F3N. The van der Waals surface area contributed by atoms with Gasteiger partial charge in [0.1, 0.15) is 0 Å². The average Bonchev–Trinajstić information content (AvgIpc) is 2.38. The van der Waals surface area contributed by atoms with Gasteiger partial charge in [0.2, 0.25) is 0 Å². The summed E-state index contributed by atoms with van der Waals surface area (Å²) in [5, 5.41) is 0. The highest BCUT2D eigenvalue weighted by Crippen LogP contribution is 2.30. The van der Waals surface area contributed by atoms with E-state index < -0.39 is 11.7 Å². The highest BCUT2D eigenvalue weighted by Gasteiger charge is 2.29. The van der Waals surface area contributed by atoms with Gasteiger partial charge in [0.05, 0.1) is 11.3 Å². The van der Waals surface area contributed by atoms with Gasteiger partial charge in [0, 0.05) is 11.8 Å². The fourth-order valence-corrected chi connectivity index (χ4v) is 1.53. The lowest BCUT2D eigenvalue weighted by molar-refractivity contribution is -0.137. The maximum Gasteiger partial charge on any atom is 0.416 e. The Morgan fingerprint density at radius 3 is 2.11 bits per heavy atom. The van der Waals surface area contributed by atoms with Crippen molar-refractivity contribution in [2.24, 2.45) is 0 Å². The number of hydrogen-bond acceptors (Lipinski definition) is 1. The van der Waals surface area contributed by atoms with Crippen LogP contribution in [0.4, 0.5) is 13.2 Å². The smallest absolute Gasteiger partial charge is 0.256 e. The molecule has 1 aromatic heterocycles. The molecule has 1 nitrogen and oxygen atoms in total. The second-order valence-corrected chi connectivity index (χ2v) is 3.76. The summed E-state index contributed by atoms with van der Waals surface area (Å²) in [7, 11) is 0. The van der Waals surface area contributed by atoms with Gasteiger partial charge in [0.25, 0.3) is 0 Å². The van der Waals surface area contributed by atoms with Gasteiger partial charge < -0.3 is 0 Å². The largest absolute Gasteiger partial charge is 0.416 e. The molecule has 0 spiro atoms. The summed E-state index contributed by atoms with van der Waals surface area (Å²) in [4.78, 5) is 4.16. The molecule has 0 radical (unpaired) electrons. The van der Waals surface area contributed by atoms with E-state index in [1.807, 2.05) is 6.07 Å². The highest BCUT2D eigenvalue weighted by atomic mass is 19.4. The van der Waals surface area contributed by atoms with Crippen LogP contribution >= 0.6 is 0 Å². The second-order valence-electron chi connectivity index (χ2n) is 3.76. The molecule has 18 heavy (non-hydrogen) atoms. The molecule has 2 rings (SSSR count). The first-order valence-corrected chi connectivity index (χ1v) is 5.27. The van der Waals surface area contributed by atoms with Crippen molar-refractivity contribution in [2.75, 3.05) is 0 Å². The molecule has 0 N–H and O–H groups in total. The van der Waals surface area contributed by atoms with E-state index in [9.17, 15) is 13.2 Å². The summed E-state index contributed by atoms with van der Waals surface area (Å²) in [5.74, 6) is 0. The predicted molar refractivity (Wildman–Crippen MR) is 64.8 cm³/mol. The van der Waals surface area contributed by atoms with E-state index in [-0.39, 0.29) is 0 Å². The van der Waals surface area contributed by atoms with Crippen molar-refractivity contribution >= 4 is 6.08 Å². The van der Waals surface area contributed by atoms with Crippen LogP contribution in [0.15, 0.2) is 49.2 Å². The molecular weight excluding hydrogens is 239 g/mol. The molecule has 2 aromatic rings.